The van der Waals surface area contributed by atoms with Crippen LogP contribution in [-0.4, -0.2) is 62.1 Å². The Hall–Kier alpha value is -1.40. The van der Waals surface area contributed by atoms with E-state index in [0.29, 0.717) is 6.54 Å². The number of nitrogens with zero attached hydrogens (tertiary/aromatic N) is 4. The van der Waals surface area contributed by atoms with E-state index in [2.05, 4.69) is 16.8 Å². The van der Waals surface area contributed by atoms with E-state index in [9.17, 15) is 9.90 Å². The van der Waals surface area contributed by atoms with Gasteiger partial charge in [-0.05, 0) is 19.4 Å². The van der Waals surface area contributed by atoms with E-state index in [1.165, 1.54) is 0 Å². The predicted molar refractivity (Wildman–Crippen MR) is 87.8 cm³/mol. The van der Waals surface area contributed by atoms with Gasteiger partial charge < -0.3 is 14.6 Å². The standard InChI is InChI=1S/C17H28N4O2/c1-3-20-10-11-21(13-14(20)16-18-8-9-19(16)2)15(22)12-17(23)6-4-5-7-17/h8-9,14,23H,3-7,10-13H2,1-2H3/t14-/m0/s1. The van der Waals surface area contributed by atoms with Gasteiger partial charge in [-0.15, -0.1) is 0 Å². The Balaban J connectivity index is 1.70. The van der Waals surface area contributed by atoms with Crippen LogP contribution >= 0.6 is 0 Å². The van der Waals surface area contributed by atoms with Crippen LogP contribution in [0.2, 0.25) is 0 Å². The maximum absolute atomic E-state index is 12.7. The van der Waals surface area contributed by atoms with E-state index in [4.69, 9.17) is 0 Å². The number of imidazole rings is 1. The van der Waals surface area contributed by atoms with Crippen LogP contribution in [0.1, 0.15) is 50.9 Å². The zero-order valence-electron chi connectivity index (χ0n) is 14.2. The van der Waals surface area contributed by atoms with Crippen LogP contribution in [0.3, 0.4) is 0 Å². The maximum atomic E-state index is 12.7. The first-order chi connectivity index (χ1) is 11.0. The summed E-state index contributed by atoms with van der Waals surface area (Å²) in [4.78, 5) is 21.4. The lowest BCUT2D eigenvalue weighted by molar-refractivity contribution is -0.139. The molecule has 1 aromatic rings. The molecule has 0 unspecified atom stereocenters. The van der Waals surface area contributed by atoms with E-state index in [-0.39, 0.29) is 18.4 Å². The quantitative estimate of drug-likeness (QED) is 0.909. The number of carbonyl (C=O) groups is 1. The van der Waals surface area contributed by atoms with Crippen LogP contribution in [0.25, 0.3) is 0 Å². The highest BCUT2D eigenvalue weighted by Gasteiger charge is 2.37. The largest absolute Gasteiger partial charge is 0.389 e. The maximum Gasteiger partial charge on any atom is 0.225 e. The number of aryl methyl sites for hydroxylation is 1. The molecule has 1 aliphatic carbocycles. The molecule has 0 radical (unpaired) electrons. The average Bonchev–Trinajstić information content (AvgIpc) is 3.15. The van der Waals surface area contributed by atoms with Gasteiger partial charge in [0.1, 0.15) is 5.82 Å². The monoisotopic (exact) mass is 320 g/mol. The Morgan fingerprint density at radius 1 is 1.39 bits per heavy atom. The Morgan fingerprint density at radius 2 is 2.13 bits per heavy atom. The van der Waals surface area contributed by atoms with Crippen molar-refractivity contribution in [2.45, 2.75) is 50.7 Å². The first-order valence-corrected chi connectivity index (χ1v) is 8.74. The van der Waals surface area contributed by atoms with Gasteiger partial charge in [-0.1, -0.05) is 19.8 Å². The number of aromatic nitrogens is 2. The summed E-state index contributed by atoms with van der Waals surface area (Å²) in [6.45, 7) is 5.35. The zero-order chi connectivity index (χ0) is 16.4. The minimum absolute atomic E-state index is 0.0874. The van der Waals surface area contributed by atoms with Crippen LogP contribution in [0.5, 0.6) is 0 Å². The third kappa shape index (κ3) is 3.43. The van der Waals surface area contributed by atoms with Crippen molar-refractivity contribution in [2.24, 2.45) is 7.05 Å². The molecule has 1 aromatic heterocycles. The first-order valence-electron chi connectivity index (χ1n) is 8.74. The molecule has 2 aliphatic rings. The molecular formula is C17H28N4O2. The lowest BCUT2D eigenvalue weighted by Crippen LogP contribution is -2.52. The van der Waals surface area contributed by atoms with Gasteiger partial charge in [-0.25, -0.2) is 4.98 Å². The van der Waals surface area contributed by atoms with Gasteiger partial charge in [0.2, 0.25) is 5.91 Å². The molecule has 6 heteroatoms. The lowest BCUT2D eigenvalue weighted by atomic mass is 9.96. The van der Waals surface area contributed by atoms with Crippen molar-refractivity contribution in [1.82, 2.24) is 19.4 Å². The summed E-state index contributed by atoms with van der Waals surface area (Å²) in [5.74, 6) is 1.09. The normalized spacial score (nSPS) is 25.0. The molecule has 6 nitrogen and oxygen atoms in total. The highest BCUT2D eigenvalue weighted by molar-refractivity contribution is 5.77. The molecule has 0 spiro atoms. The number of hydrogen-bond acceptors (Lipinski definition) is 4. The summed E-state index contributed by atoms with van der Waals surface area (Å²) in [5.41, 5.74) is -0.766. The number of aliphatic hydroxyl groups is 1. The van der Waals surface area contributed by atoms with E-state index in [0.717, 1.165) is 51.1 Å². The Kier molecular flexibility index (Phi) is 4.73. The second-order valence-electron chi connectivity index (χ2n) is 6.99. The van der Waals surface area contributed by atoms with Crippen molar-refractivity contribution in [1.29, 1.82) is 0 Å². The van der Waals surface area contributed by atoms with E-state index in [1.54, 1.807) is 0 Å². The summed E-state index contributed by atoms with van der Waals surface area (Å²) in [7, 11) is 2.00. The number of hydrogen-bond donors (Lipinski definition) is 1. The van der Waals surface area contributed by atoms with Crippen LogP contribution < -0.4 is 0 Å². The van der Waals surface area contributed by atoms with E-state index >= 15 is 0 Å². The second kappa shape index (κ2) is 6.61. The fourth-order valence-electron chi connectivity index (χ4n) is 3.97. The Morgan fingerprint density at radius 3 is 2.74 bits per heavy atom. The molecule has 1 saturated carbocycles. The minimum Gasteiger partial charge on any atom is -0.389 e. The first kappa shape index (κ1) is 16.5. The van der Waals surface area contributed by atoms with Crippen molar-refractivity contribution in [3.63, 3.8) is 0 Å². The van der Waals surface area contributed by atoms with Crippen LogP contribution in [-0.2, 0) is 11.8 Å². The number of rotatable bonds is 4. The van der Waals surface area contributed by atoms with E-state index < -0.39 is 5.60 Å². The Labute approximate surface area is 138 Å². The average molecular weight is 320 g/mol. The minimum atomic E-state index is -0.766. The number of likely N-dealkylation sites (N-methyl/N-ethyl adjacent to an activating group) is 1. The summed E-state index contributed by atoms with van der Waals surface area (Å²) in [6.07, 6.45) is 7.61. The summed E-state index contributed by atoms with van der Waals surface area (Å²) in [6, 6.07) is 0.135. The number of amides is 1. The third-order valence-corrected chi connectivity index (χ3v) is 5.42. The van der Waals surface area contributed by atoms with Crippen molar-refractivity contribution in [3.8, 4) is 0 Å². The van der Waals surface area contributed by atoms with Crippen LogP contribution in [0.4, 0.5) is 0 Å². The van der Waals surface area contributed by atoms with Gasteiger partial charge in [0.15, 0.2) is 0 Å². The molecular weight excluding hydrogens is 292 g/mol. The number of carbonyl (C=O) groups excluding carboxylic acids is 1. The highest BCUT2D eigenvalue weighted by atomic mass is 16.3. The van der Waals surface area contributed by atoms with Gasteiger partial charge in [0.25, 0.3) is 0 Å². The molecule has 2 fully saturated rings. The molecule has 0 bridgehead atoms. The van der Waals surface area contributed by atoms with Crippen LogP contribution in [0, 0.1) is 0 Å². The van der Waals surface area contributed by atoms with Crippen molar-refractivity contribution >= 4 is 5.91 Å². The SMILES string of the molecule is CCN1CCN(C(=O)CC2(O)CCCC2)C[C@H]1c1nccn1C. The summed E-state index contributed by atoms with van der Waals surface area (Å²) < 4.78 is 2.03. The molecule has 1 amide bonds. The molecule has 128 valence electrons. The highest BCUT2D eigenvalue weighted by Crippen LogP contribution is 2.33. The van der Waals surface area contributed by atoms with Gasteiger partial charge in [-0.3, -0.25) is 9.69 Å². The van der Waals surface area contributed by atoms with Crippen LogP contribution in [0.15, 0.2) is 12.4 Å². The van der Waals surface area contributed by atoms with Gasteiger partial charge in [0, 0.05) is 39.1 Å². The predicted octanol–water partition coefficient (Wildman–Crippen LogP) is 1.32. The lowest BCUT2D eigenvalue weighted by Gasteiger charge is -2.41. The van der Waals surface area contributed by atoms with Crippen molar-refractivity contribution in [3.05, 3.63) is 18.2 Å². The summed E-state index contributed by atoms with van der Waals surface area (Å²) >= 11 is 0. The van der Waals surface area contributed by atoms with Gasteiger partial charge in [-0.2, -0.15) is 0 Å². The molecule has 1 atom stereocenters. The fourth-order valence-corrected chi connectivity index (χ4v) is 3.97. The molecule has 1 N–H and O–H groups in total. The summed E-state index contributed by atoms with van der Waals surface area (Å²) in [5, 5.41) is 10.5. The number of piperazine rings is 1. The molecule has 3 rings (SSSR count). The Bertz CT molecular complexity index is 551. The van der Waals surface area contributed by atoms with Crippen molar-refractivity contribution in [2.75, 3.05) is 26.2 Å². The smallest absolute Gasteiger partial charge is 0.225 e. The molecule has 23 heavy (non-hydrogen) atoms. The molecule has 0 aromatic carbocycles. The van der Waals surface area contributed by atoms with Gasteiger partial charge >= 0.3 is 0 Å². The zero-order valence-corrected chi connectivity index (χ0v) is 14.2. The van der Waals surface area contributed by atoms with E-state index in [1.807, 2.05) is 28.9 Å². The topological polar surface area (TPSA) is 61.6 Å². The second-order valence-corrected chi connectivity index (χ2v) is 6.99. The fraction of sp³-hybridized carbons (Fsp3) is 0.765. The molecule has 2 heterocycles. The molecule has 1 aliphatic heterocycles. The van der Waals surface area contributed by atoms with Crippen molar-refractivity contribution < 1.29 is 9.90 Å². The molecule has 1 saturated heterocycles. The third-order valence-electron chi connectivity index (χ3n) is 5.42. The van der Waals surface area contributed by atoms with Gasteiger partial charge in [0.05, 0.1) is 18.1 Å².